The maximum Gasteiger partial charge on any atom is 0.226 e. The topological polar surface area (TPSA) is 40.5 Å². The maximum absolute atomic E-state index is 12.3. The summed E-state index contributed by atoms with van der Waals surface area (Å²) in [5, 5.41) is 9.38. The lowest BCUT2D eigenvalue weighted by molar-refractivity contribution is -0.118. The molecule has 0 bridgehead atoms. The number of carbonyl (C=O) groups is 1. The first-order valence-corrected chi connectivity index (χ1v) is 9.66. The fourth-order valence-corrected chi connectivity index (χ4v) is 3.04. The Morgan fingerprint density at radius 1 is 0.917 bits per heavy atom. The van der Waals surface area contributed by atoms with Gasteiger partial charge in [0.2, 0.25) is 5.91 Å². The van der Waals surface area contributed by atoms with Crippen molar-refractivity contribution in [3.63, 3.8) is 0 Å². The average molecular weight is 334 g/mol. The van der Waals surface area contributed by atoms with E-state index in [4.69, 9.17) is 0 Å². The van der Waals surface area contributed by atoms with Gasteiger partial charge in [-0.3, -0.25) is 4.79 Å². The first-order valence-electron chi connectivity index (χ1n) is 9.66. The van der Waals surface area contributed by atoms with E-state index in [-0.39, 0.29) is 12.5 Å². The third-order valence-electron chi connectivity index (χ3n) is 4.64. The Kier molecular flexibility index (Phi) is 11.2. The van der Waals surface area contributed by atoms with E-state index in [9.17, 15) is 9.90 Å². The standard InChI is InChI=1S/C21H35NO2/c1-3-4-5-6-7-8-9-10-11-12-17-21(24)22(2)20-16-14-13-15-19(20)18-23/h13-16,23H,3-12,17-18H2,1-2H3. The van der Waals surface area contributed by atoms with E-state index in [1.807, 2.05) is 24.3 Å². The molecule has 0 fully saturated rings. The van der Waals surface area contributed by atoms with Crippen LogP contribution in [0.25, 0.3) is 0 Å². The summed E-state index contributed by atoms with van der Waals surface area (Å²) in [5.41, 5.74) is 1.62. The van der Waals surface area contributed by atoms with Crippen LogP contribution in [-0.2, 0) is 11.4 Å². The van der Waals surface area contributed by atoms with Crippen molar-refractivity contribution in [2.45, 2.75) is 84.2 Å². The van der Waals surface area contributed by atoms with Gasteiger partial charge >= 0.3 is 0 Å². The Balaban J connectivity index is 2.13. The third-order valence-corrected chi connectivity index (χ3v) is 4.64. The molecule has 1 aromatic rings. The molecule has 0 aliphatic rings. The molecule has 0 aliphatic carbocycles. The number of hydrogen-bond donors (Lipinski definition) is 1. The molecule has 0 saturated carbocycles. The first kappa shape index (κ1) is 20.7. The van der Waals surface area contributed by atoms with Crippen LogP contribution in [0.1, 0.15) is 83.1 Å². The molecular formula is C21H35NO2. The number of amides is 1. The molecule has 3 heteroatoms. The number of aliphatic hydroxyl groups is 1. The first-order chi connectivity index (χ1) is 11.7. The third kappa shape index (κ3) is 7.96. The quantitative estimate of drug-likeness (QED) is 0.487. The minimum Gasteiger partial charge on any atom is -0.392 e. The highest BCUT2D eigenvalue weighted by atomic mass is 16.3. The van der Waals surface area contributed by atoms with E-state index < -0.39 is 0 Å². The molecule has 1 N–H and O–H groups in total. The van der Waals surface area contributed by atoms with Crippen LogP contribution in [0.4, 0.5) is 5.69 Å². The lowest BCUT2D eigenvalue weighted by Crippen LogP contribution is -2.26. The predicted molar refractivity (Wildman–Crippen MR) is 102 cm³/mol. The summed E-state index contributed by atoms with van der Waals surface area (Å²) in [6, 6.07) is 7.54. The van der Waals surface area contributed by atoms with Crippen LogP contribution >= 0.6 is 0 Å². The number of unbranched alkanes of at least 4 members (excludes halogenated alkanes) is 9. The second-order valence-corrected chi connectivity index (χ2v) is 6.67. The largest absolute Gasteiger partial charge is 0.392 e. The second-order valence-electron chi connectivity index (χ2n) is 6.67. The highest BCUT2D eigenvalue weighted by molar-refractivity contribution is 5.93. The maximum atomic E-state index is 12.3. The fourth-order valence-electron chi connectivity index (χ4n) is 3.04. The van der Waals surface area contributed by atoms with E-state index in [1.54, 1.807) is 11.9 Å². The molecule has 0 heterocycles. The SMILES string of the molecule is CCCCCCCCCCCCC(=O)N(C)c1ccccc1CO. The Bertz CT molecular complexity index is 459. The molecule has 0 aliphatic heterocycles. The van der Waals surface area contributed by atoms with Gasteiger partial charge in [-0.15, -0.1) is 0 Å². The van der Waals surface area contributed by atoms with Crippen LogP contribution in [0, 0.1) is 0 Å². The van der Waals surface area contributed by atoms with E-state index in [1.165, 1.54) is 51.4 Å². The summed E-state index contributed by atoms with van der Waals surface area (Å²) in [4.78, 5) is 14.0. The van der Waals surface area contributed by atoms with Crippen molar-refractivity contribution in [2.24, 2.45) is 0 Å². The van der Waals surface area contributed by atoms with E-state index >= 15 is 0 Å². The summed E-state index contributed by atoms with van der Waals surface area (Å²) >= 11 is 0. The Labute approximate surface area is 148 Å². The lowest BCUT2D eigenvalue weighted by atomic mass is 10.1. The smallest absolute Gasteiger partial charge is 0.226 e. The predicted octanol–water partition coefficient (Wildman–Crippen LogP) is 5.45. The van der Waals surface area contributed by atoms with Crippen LogP contribution in [-0.4, -0.2) is 18.1 Å². The summed E-state index contributed by atoms with van der Waals surface area (Å²) in [5.74, 6) is 0.135. The molecule has 1 aromatic carbocycles. The van der Waals surface area contributed by atoms with Gasteiger partial charge < -0.3 is 10.0 Å². The summed E-state index contributed by atoms with van der Waals surface area (Å²) in [6.45, 7) is 2.22. The van der Waals surface area contributed by atoms with E-state index in [2.05, 4.69) is 6.92 Å². The van der Waals surface area contributed by atoms with Gasteiger partial charge in [0.05, 0.1) is 6.61 Å². The van der Waals surface area contributed by atoms with Gasteiger partial charge in [-0.2, -0.15) is 0 Å². The van der Waals surface area contributed by atoms with Gasteiger partial charge in [0, 0.05) is 24.7 Å². The summed E-state index contributed by atoms with van der Waals surface area (Å²) < 4.78 is 0. The van der Waals surface area contributed by atoms with Gasteiger partial charge in [0.1, 0.15) is 0 Å². The number of para-hydroxylation sites is 1. The number of benzene rings is 1. The molecule has 0 saturated heterocycles. The van der Waals surface area contributed by atoms with Gasteiger partial charge in [-0.05, 0) is 12.5 Å². The Morgan fingerprint density at radius 3 is 2.04 bits per heavy atom. The molecule has 1 amide bonds. The van der Waals surface area contributed by atoms with Gasteiger partial charge in [-0.1, -0.05) is 82.9 Å². The van der Waals surface area contributed by atoms with Crippen molar-refractivity contribution in [3.8, 4) is 0 Å². The molecule has 24 heavy (non-hydrogen) atoms. The number of hydrogen-bond acceptors (Lipinski definition) is 2. The van der Waals surface area contributed by atoms with Crippen molar-refractivity contribution in [1.82, 2.24) is 0 Å². The molecular weight excluding hydrogens is 298 g/mol. The van der Waals surface area contributed by atoms with Crippen LogP contribution in [0.3, 0.4) is 0 Å². The Morgan fingerprint density at radius 2 is 1.46 bits per heavy atom. The number of anilines is 1. The number of aliphatic hydroxyl groups excluding tert-OH is 1. The van der Waals surface area contributed by atoms with Crippen LogP contribution in [0.5, 0.6) is 0 Å². The number of nitrogens with zero attached hydrogens (tertiary/aromatic N) is 1. The van der Waals surface area contributed by atoms with Gasteiger partial charge in [-0.25, -0.2) is 0 Å². The van der Waals surface area contributed by atoms with Crippen molar-refractivity contribution in [3.05, 3.63) is 29.8 Å². The van der Waals surface area contributed by atoms with Gasteiger partial charge in [0.25, 0.3) is 0 Å². The minimum absolute atomic E-state index is 0.0357. The van der Waals surface area contributed by atoms with Crippen LogP contribution in [0.2, 0.25) is 0 Å². The number of carbonyl (C=O) groups excluding carboxylic acids is 1. The fraction of sp³-hybridized carbons (Fsp3) is 0.667. The zero-order chi connectivity index (χ0) is 17.6. The minimum atomic E-state index is -0.0357. The molecule has 3 nitrogen and oxygen atoms in total. The van der Waals surface area contributed by atoms with Crippen molar-refractivity contribution < 1.29 is 9.90 Å². The molecule has 136 valence electrons. The highest BCUT2D eigenvalue weighted by Gasteiger charge is 2.13. The Hall–Kier alpha value is -1.35. The van der Waals surface area contributed by atoms with Crippen molar-refractivity contribution >= 4 is 11.6 Å². The monoisotopic (exact) mass is 333 g/mol. The molecule has 0 spiro atoms. The van der Waals surface area contributed by atoms with E-state index in [0.29, 0.717) is 6.42 Å². The lowest BCUT2D eigenvalue weighted by Gasteiger charge is -2.20. The zero-order valence-electron chi connectivity index (χ0n) is 15.6. The molecule has 0 aromatic heterocycles. The molecule has 0 unspecified atom stereocenters. The summed E-state index contributed by atoms with van der Waals surface area (Å²) in [7, 11) is 1.80. The van der Waals surface area contributed by atoms with Crippen molar-refractivity contribution in [2.75, 3.05) is 11.9 Å². The molecule has 0 radical (unpaired) electrons. The van der Waals surface area contributed by atoms with Crippen molar-refractivity contribution in [1.29, 1.82) is 0 Å². The molecule has 0 atom stereocenters. The normalized spacial score (nSPS) is 10.8. The van der Waals surface area contributed by atoms with Gasteiger partial charge in [0.15, 0.2) is 0 Å². The average Bonchev–Trinajstić information content (AvgIpc) is 2.62. The highest BCUT2D eigenvalue weighted by Crippen LogP contribution is 2.20. The second kappa shape index (κ2) is 13.0. The van der Waals surface area contributed by atoms with E-state index in [0.717, 1.165) is 24.1 Å². The van der Waals surface area contributed by atoms with Crippen LogP contribution in [0.15, 0.2) is 24.3 Å². The van der Waals surface area contributed by atoms with Crippen LogP contribution < -0.4 is 4.90 Å². The summed E-state index contributed by atoms with van der Waals surface area (Å²) in [6.07, 6.45) is 13.3. The molecule has 1 rings (SSSR count). The zero-order valence-corrected chi connectivity index (χ0v) is 15.6. The number of rotatable bonds is 13.